The summed E-state index contributed by atoms with van der Waals surface area (Å²) in [4.78, 5) is 41.6. The standard InChI is InChI=1S/C53H77N3O5/c1-3-5-7-9-11-13-15-17-19-21-23-25-27-29-31-33-35-37-39-41-50(57)54-49-45-46-56(53(59)55-49)51-44-43-48(61-51)47-60-52(58)42-40-38-36-34-32-30-28-26-24-22-20-18-16-14-12-10-8-6-4-2/h5-8,11-14,17-20,23,25-26,28-32,45-46,48,51H,3-4,9-10,15-16,21-22,24,27,33-44,47H2,1-2H3,(H,54,55,57,59)/b7-5-,8-6-,13-11-,14-12-,19-17-,20-18-,25-23-,28-26-,31-29-,32-30-. The first-order chi connectivity index (χ1) is 30.0. The maximum absolute atomic E-state index is 12.8. The molecule has 1 saturated heterocycles. The van der Waals surface area contributed by atoms with Gasteiger partial charge in [0.1, 0.15) is 18.7 Å². The average Bonchev–Trinajstić information content (AvgIpc) is 3.73. The van der Waals surface area contributed by atoms with Crippen LogP contribution < -0.4 is 11.0 Å². The van der Waals surface area contributed by atoms with Crippen LogP contribution in [0.3, 0.4) is 0 Å². The van der Waals surface area contributed by atoms with Crippen molar-refractivity contribution >= 4 is 17.7 Å². The van der Waals surface area contributed by atoms with Crippen LogP contribution in [0.4, 0.5) is 5.82 Å². The van der Waals surface area contributed by atoms with E-state index in [2.05, 4.69) is 146 Å². The highest BCUT2D eigenvalue weighted by molar-refractivity contribution is 5.89. The van der Waals surface area contributed by atoms with Crippen molar-refractivity contribution in [1.82, 2.24) is 9.55 Å². The van der Waals surface area contributed by atoms with Crippen molar-refractivity contribution in [3.63, 3.8) is 0 Å². The van der Waals surface area contributed by atoms with Crippen molar-refractivity contribution in [3.8, 4) is 0 Å². The third-order valence-corrected chi connectivity index (χ3v) is 9.77. The summed E-state index contributed by atoms with van der Waals surface area (Å²) in [6.45, 7) is 4.47. The zero-order valence-corrected chi connectivity index (χ0v) is 37.6. The molecule has 1 amide bonds. The highest BCUT2D eigenvalue weighted by Crippen LogP contribution is 2.27. The second kappa shape index (κ2) is 38.1. The first-order valence-corrected chi connectivity index (χ1v) is 23.2. The predicted molar refractivity (Wildman–Crippen MR) is 256 cm³/mol. The predicted octanol–water partition coefficient (Wildman–Crippen LogP) is 13.8. The monoisotopic (exact) mass is 836 g/mol. The van der Waals surface area contributed by atoms with E-state index < -0.39 is 11.9 Å². The molecule has 1 aromatic rings. The Kier molecular flexibility index (Phi) is 32.7. The number of nitrogens with zero attached hydrogens (tertiary/aromatic N) is 2. The minimum absolute atomic E-state index is 0.149. The van der Waals surface area contributed by atoms with E-state index in [1.165, 1.54) is 4.57 Å². The fourth-order valence-corrected chi connectivity index (χ4v) is 6.35. The van der Waals surface area contributed by atoms with Crippen molar-refractivity contribution in [2.24, 2.45) is 0 Å². The number of carbonyl (C=O) groups is 2. The molecule has 0 saturated carbocycles. The van der Waals surface area contributed by atoms with Crippen LogP contribution in [0.25, 0.3) is 0 Å². The van der Waals surface area contributed by atoms with Crippen LogP contribution in [-0.2, 0) is 19.1 Å². The molecule has 1 aliphatic heterocycles. The van der Waals surface area contributed by atoms with E-state index in [9.17, 15) is 14.4 Å². The van der Waals surface area contributed by atoms with E-state index in [-0.39, 0.29) is 30.4 Å². The fraction of sp³-hybridized carbons (Fsp3) is 0.509. The van der Waals surface area contributed by atoms with Crippen LogP contribution in [0.2, 0.25) is 0 Å². The summed E-state index contributed by atoms with van der Waals surface area (Å²) in [5, 5.41) is 2.75. The van der Waals surface area contributed by atoms with Crippen molar-refractivity contribution in [2.75, 3.05) is 11.9 Å². The van der Waals surface area contributed by atoms with Crippen molar-refractivity contribution in [2.45, 2.75) is 167 Å². The first kappa shape index (κ1) is 52.3. The highest BCUT2D eigenvalue weighted by atomic mass is 16.6. The molecule has 1 fully saturated rings. The van der Waals surface area contributed by atoms with Crippen LogP contribution in [0.5, 0.6) is 0 Å². The van der Waals surface area contributed by atoms with Crippen LogP contribution in [0.1, 0.15) is 161 Å². The summed E-state index contributed by atoms with van der Waals surface area (Å²) in [7, 11) is 0. The van der Waals surface area contributed by atoms with Crippen molar-refractivity contribution < 1.29 is 19.1 Å². The van der Waals surface area contributed by atoms with E-state index in [1.807, 2.05) is 0 Å². The number of hydrogen-bond donors (Lipinski definition) is 1. The SMILES string of the molecule is CC/C=C\C/C=C\C/C=C\C/C=C\C/C=C\CCCCCC(=O)Nc1ccn(C2CCC(COC(=O)CCCCC/C=C\C=C/CC/C=C\C/C=C\C/C=C\CC)O2)c(=O)n1. The van der Waals surface area contributed by atoms with Gasteiger partial charge in [-0.05, 0) is 122 Å². The topological polar surface area (TPSA) is 99.5 Å². The minimum Gasteiger partial charge on any atom is -0.463 e. The van der Waals surface area contributed by atoms with Gasteiger partial charge in [0, 0.05) is 19.0 Å². The Morgan fingerprint density at radius 2 is 1.13 bits per heavy atom. The lowest BCUT2D eigenvalue weighted by Gasteiger charge is -2.16. The summed E-state index contributed by atoms with van der Waals surface area (Å²) in [6, 6.07) is 1.62. The number of unbranched alkanes of at least 4 members (excludes halogenated alkanes) is 7. The first-order valence-electron chi connectivity index (χ1n) is 23.2. The Morgan fingerprint density at radius 3 is 1.70 bits per heavy atom. The highest BCUT2D eigenvalue weighted by Gasteiger charge is 2.28. The molecular formula is C53H77N3O5. The molecule has 0 aliphatic carbocycles. The smallest absolute Gasteiger partial charge is 0.351 e. The van der Waals surface area contributed by atoms with E-state index in [0.717, 1.165) is 116 Å². The Bertz CT molecular complexity index is 1670. The molecule has 8 nitrogen and oxygen atoms in total. The van der Waals surface area contributed by atoms with Crippen LogP contribution in [-0.4, -0.2) is 34.1 Å². The number of aromatic nitrogens is 2. The zero-order chi connectivity index (χ0) is 43.7. The lowest BCUT2D eigenvalue weighted by Crippen LogP contribution is -2.29. The molecule has 1 aliphatic rings. The number of rotatable bonds is 34. The number of ether oxygens (including phenoxy) is 2. The van der Waals surface area contributed by atoms with E-state index >= 15 is 0 Å². The molecule has 1 aromatic heterocycles. The molecule has 2 rings (SSSR count). The lowest BCUT2D eigenvalue weighted by molar-refractivity contribution is -0.148. The number of nitrogens with one attached hydrogen (secondary N) is 1. The summed E-state index contributed by atoms with van der Waals surface area (Å²) in [5.74, 6) is -0.126. The molecular weight excluding hydrogens is 759 g/mol. The number of carbonyl (C=O) groups excluding carboxylic acids is 2. The van der Waals surface area contributed by atoms with Gasteiger partial charge in [-0.15, -0.1) is 0 Å². The van der Waals surface area contributed by atoms with Crippen LogP contribution in [0.15, 0.2) is 139 Å². The van der Waals surface area contributed by atoms with Crippen molar-refractivity contribution in [1.29, 1.82) is 0 Å². The normalized spacial score (nSPS) is 16.4. The van der Waals surface area contributed by atoms with E-state index in [0.29, 0.717) is 25.7 Å². The molecule has 1 N–H and O–H groups in total. The number of allylic oxidation sites excluding steroid dienone is 20. The fourth-order valence-electron chi connectivity index (χ4n) is 6.35. The number of anilines is 1. The van der Waals surface area contributed by atoms with Gasteiger partial charge in [0.25, 0.3) is 0 Å². The van der Waals surface area contributed by atoms with Crippen LogP contribution >= 0.6 is 0 Å². The van der Waals surface area contributed by atoms with Gasteiger partial charge < -0.3 is 14.8 Å². The zero-order valence-electron chi connectivity index (χ0n) is 37.6. The van der Waals surface area contributed by atoms with Crippen molar-refractivity contribution in [3.05, 3.63) is 144 Å². The second-order valence-electron chi connectivity index (χ2n) is 15.2. The van der Waals surface area contributed by atoms with Gasteiger partial charge in [0.05, 0.1) is 6.10 Å². The maximum atomic E-state index is 12.8. The number of hydrogen-bond acceptors (Lipinski definition) is 6. The van der Waals surface area contributed by atoms with Gasteiger partial charge in [-0.2, -0.15) is 4.98 Å². The van der Waals surface area contributed by atoms with Gasteiger partial charge in [-0.1, -0.05) is 148 Å². The third kappa shape index (κ3) is 30.0. The molecule has 61 heavy (non-hydrogen) atoms. The summed E-state index contributed by atoms with van der Waals surface area (Å²) in [5.41, 5.74) is -0.485. The van der Waals surface area contributed by atoms with E-state index in [4.69, 9.17) is 9.47 Å². The molecule has 0 radical (unpaired) electrons. The van der Waals surface area contributed by atoms with E-state index in [1.54, 1.807) is 12.3 Å². The average molecular weight is 836 g/mol. The quantitative estimate of drug-likeness (QED) is 0.0321. The second-order valence-corrected chi connectivity index (χ2v) is 15.2. The summed E-state index contributed by atoms with van der Waals surface area (Å²) in [6.07, 6.45) is 64.5. The molecule has 0 bridgehead atoms. The Hall–Kier alpha value is -4.82. The Labute approximate surface area is 368 Å². The van der Waals surface area contributed by atoms with Gasteiger partial charge in [-0.25, -0.2) is 4.79 Å². The van der Waals surface area contributed by atoms with Gasteiger partial charge in [0.2, 0.25) is 5.91 Å². The lowest BCUT2D eigenvalue weighted by atomic mass is 10.1. The molecule has 0 aromatic carbocycles. The Morgan fingerprint density at radius 1 is 0.639 bits per heavy atom. The van der Waals surface area contributed by atoms with Gasteiger partial charge in [-0.3, -0.25) is 14.2 Å². The number of esters is 1. The molecule has 8 heteroatoms. The largest absolute Gasteiger partial charge is 0.463 e. The molecule has 2 unspecified atom stereocenters. The third-order valence-electron chi connectivity index (χ3n) is 9.77. The van der Waals surface area contributed by atoms with Gasteiger partial charge >= 0.3 is 11.7 Å². The molecule has 334 valence electrons. The maximum Gasteiger partial charge on any atom is 0.351 e. The van der Waals surface area contributed by atoms with Crippen LogP contribution in [0, 0.1) is 0 Å². The summed E-state index contributed by atoms with van der Waals surface area (Å²) >= 11 is 0. The number of amides is 1. The molecule has 0 spiro atoms. The van der Waals surface area contributed by atoms with Gasteiger partial charge in [0.15, 0.2) is 0 Å². The molecule has 2 atom stereocenters. The minimum atomic E-state index is -0.485. The molecule has 2 heterocycles. The summed E-state index contributed by atoms with van der Waals surface area (Å²) < 4.78 is 12.9. The Balaban J connectivity index is 1.48.